The number of benzene rings is 8. The van der Waals surface area contributed by atoms with Crippen LogP contribution in [-0.4, -0.2) is 0 Å². The minimum atomic E-state index is -0.246. The first-order valence-corrected chi connectivity index (χ1v) is 15.1. The number of furan rings is 1. The van der Waals surface area contributed by atoms with Crippen LogP contribution >= 0.6 is 0 Å². The Labute approximate surface area is 267 Å². The van der Waals surface area contributed by atoms with Gasteiger partial charge >= 0.3 is 0 Å². The lowest BCUT2D eigenvalue weighted by Gasteiger charge is -2.19. The van der Waals surface area contributed by atoms with E-state index in [2.05, 4.69) is 66.7 Å². The lowest BCUT2D eigenvalue weighted by atomic mass is 9.83. The molecule has 0 bridgehead atoms. The zero-order valence-corrected chi connectivity index (χ0v) is 24.3. The highest BCUT2D eigenvalue weighted by Crippen LogP contribution is 2.46. The first-order valence-electron chi connectivity index (χ1n) is 17.1. The fourth-order valence-electron chi connectivity index (χ4n) is 6.77. The van der Waals surface area contributed by atoms with E-state index in [1.807, 2.05) is 78.9 Å². The minimum Gasteiger partial charge on any atom is -0.456 e. The lowest BCUT2D eigenvalue weighted by Crippen LogP contribution is -1.92. The molecule has 1 heterocycles. The van der Waals surface area contributed by atoms with Crippen LogP contribution in [0.4, 0.5) is 0 Å². The molecule has 0 N–H and O–H groups in total. The summed E-state index contributed by atoms with van der Waals surface area (Å²) < 4.78 is 42.0. The Morgan fingerprint density at radius 1 is 0.356 bits per heavy atom. The van der Waals surface area contributed by atoms with Gasteiger partial charge in [0.1, 0.15) is 11.2 Å². The third-order valence-electron chi connectivity index (χ3n) is 8.80. The van der Waals surface area contributed by atoms with Crippen molar-refractivity contribution in [1.82, 2.24) is 0 Å². The Morgan fingerprint density at radius 3 is 1.58 bits per heavy atom. The maximum atomic E-state index is 9.25. The quantitative estimate of drug-likeness (QED) is 0.190. The molecule has 9 aromatic rings. The van der Waals surface area contributed by atoms with Crippen LogP contribution in [0.15, 0.2) is 174 Å². The van der Waals surface area contributed by atoms with Gasteiger partial charge in [-0.3, -0.25) is 0 Å². The van der Waals surface area contributed by atoms with E-state index in [0.29, 0.717) is 11.1 Å². The van der Waals surface area contributed by atoms with Gasteiger partial charge < -0.3 is 4.42 Å². The molecule has 0 radical (unpaired) electrons. The highest BCUT2D eigenvalue weighted by atomic mass is 16.3. The Kier molecular flexibility index (Phi) is 5.00. The van der Waals surface area contributed by atoms with Crippen molar-refractivity contribution < 1.29 is 9.90 Å². The fraction of sp³-hybridized carbons (Fsp3) is 0. The third kappa shape index (κ3) is 4.17. The molecule has 1 nitrogen and oxygen atoms in total. The highest BCUT2D eigenvalue weighted by molar-refractivity contribution is 6.23. The van der Waals surface area contributed by atoms with E-state index in [9.17, 15) is 1.37 Å². The van der Waals surface area contributed by atoms with E-state index in [4.69, 9.17) is 8.53 Å². The molecule has 0 aliphatic rings. The van der Waals surface area contributed by atoms with Gasteiger partial charge in [-0.25, -0.2) is 0 Å². The Bertz CT molecular complexity index is 2690. The Morgan fingerprint density at radius 2 is 0.911 bits per heavy atom. The van der Waals surface area contributed by atoms with Crippen molar-refractivity contribution in [3.63, 3.8) is 0 Å². The summed E-state index contributed by atoms with van der Waals surface area (Å²) in [5.41, 5.74) is 8.55. The summed E-state index contributed by atoms with van der Waals surface area (Å²) >= 11 is 0. The van der Waals surface area contributed by atoms with Crippen LogP contribution in [0.2, 0.25) is 0 Å². The van der Waals surface area contributed by atoms with Crippen molar-refractivity contribution in [2.24, 2.45) is 0 Å². The number of fused-ring (bicyclic) bond motifs is 5. The van der Waals surface area contributed by atoms with Gasteiger partial charge in [0.25, 0.3) is 0 Å². The molecule has 0 aliphatic heterocycles. The van der Waals surface area contributed by atoms with Gasteiger partial charge in [-0.2, -0.15) is 0 Å². The molecule has 0 saturated carbocycles. The molecular weight excluding hydrogens is 544 g/mol. The normalized spacial score (nSPS) is 12.8. The van der Waals surface area contributed by atoms with Gasteiger partial charge in [-0.1, -0.05) is 145 Å². The van der Waals surface area contributed by atoms with Gasteiger partial charge in [0.05, 0.1) is 5.48 Å². The topological polar surface area (TPSA) is 13.1 Å². The van der Waals surface area contributed by atoms with Gasteiger partial charge in [0.2, 0.25) is 0 Å². The van der Waals surface area contributed by atoms with Crippen molar-refractivity contribution in [3.8, 4) is 44.5 Å². The molecule has 1 heteroatoms. The summed E-state index contributed by atoms with van der Waals surface area (Å²) in [6.07, 6.45) is 0. The van der Waals surface area contributed by atoms with Crippen molar-refractivity contribution in [3.05, 3.63) is 170 Å². The molecule has 0 atom stereocenters. The average molecular weight is 577 g/mol. The Hall–Kier alpha value is -5.92. The van der Waals surface area contributed by atoms with Gasteiger partial charge in [0, 0.05) is 10.8 Å². The fourth-order valence-corrected chi connectivity index (χ4v) is 6.77. The van der Waals surface area contributed by atoms with Gasteiger partial charge in [-0.15, -0.1) is 0 Å². The van der Waals surface area contributed by atoms with Crippen molar-refractivity contribution in [1.29, 1.82) is 0 Å². The lowest BCUT2D eigenvalue weighted by molar-refractivity contribution is 0.669. The van der Waals surface area contributed by atoms with E-state index in [1.54, 1.807) is 0 Å². The van der Waals surface area contributed by atoms with Crippen LogP contribution in [0.5, 0.6) is 0 Å². The van der Waals surface area contributed by atoms with E-state index in [0.717, 1.165) is 76.9 Å². The largest absolute Gasteiger partial charge is 0.456 e. The van der Waals surface area contributed by atoms with Crippen LogP contribution in [0.25, 0.3) is 88.0 Å². The maximum Gasteiger partial charge on any atom is 0.136 e. The van der Waals surface area contributed by atoms with E-state index in [1.165, 1.54) is 0 Å². The smallest absolute Gasteiger partial charge is 0.136 e. The molecule has 0 saturated heterocycles. The first-order chi connectivity index (χ1) is 24.0. The summed E-state index contributed by atoms with van der Waals surface area (Å²) in [5, 5.41) is 5.93. The second-order valence-electron chi connectivity index (χ2n) is 11.3. The maximum absolute atomic E-state index is 9.25. The van der Waals surface area contributed by atoms with E-state index >= 15 is 0 Å². The first kappa shape index (κ1) is 21.7. The van der Waals surface area contributed by atoms with Crippen LogP contribution in [0.3, 0.4) is 0 Å². The summed E-state index contributed by atoms with van der Waals surface area (Å²) in [6, 6.07) is 48.4. The zero-order chi connectivity index (χ0) is 33.2. The highest BCUT2D eigenvalue weighted by Gasteiger charge is 2.19. The summed E-state index contributed by atoms with van der Waals surface area (Å²) in [4.78, 5) is 0. The molecule has 1 aromatic heterocycles. The molecule has 0 amide bonds. The monoisotopic (exact) mass is 576 g/mol. The van der Waals surface area contributed by atoms with Crippen molar-refractivity contribution in [2.75, 3.05) is 0 Å². The van der Waals surface area contributed by atoms with Crippen LogP contribution < -0.4 is 0 Å². The second-order valence-corrected chi connectivity index (χ2v) is 11.3. The summed E-state index contributed by atoms with van der Waals surface area (Å²) in [6.45, 7) is 0. The molecule has 0 fully saturated rings. The van der Waals surface area contributed by atoms with E-state index in [-0.39, 0.29) is 24.2 Å². The molecule has 210 valence electrons. The average Bonchev–Trinajstić information content (AvgIpc) is 3.52. The molecule has 45 heavy (non-hydrogen) atoms. The van der Waals surface area contributed by atoms with Gasteiger partial charge in [-0.05, 0) is 90.3 Å². The number of hydrogen-bond acceptors (Lipinski definition) is 1. The number of rotatable bonds is 4. The van der Waals surface area contributed by atoms with E-state index < -0.39 is 0 Å². The van der Waals surface area contributed by atoms with Crippen molar-refractivity contribution >= 4 is 43.5 Å². The number of hydrogen-bond donors (Lipinski definition) is 0. The van der Waals surface area contributed by atoms with Gasteiger partial charge in [0.15, 0.2) is 0 Å². The Balaban J connectivity index is 1.34. The molecule has 0 unspecified atom stereocenters. The molecule has 8 aromatic carbocycles. The summed E-state index contributed by atoms with van der Waals surface area (Å²) in [7, 11) is 0. The van der Waals surface area contributed by atoms with Crippen LogP contribution in [-0.2, 0) is 0 Å². The summed E-state index contributed by atoms with van der Waals surface area (Å²) in [5.74, 6) is 0. The van der Waals surface area contributed by atoms with Crippen molar-refractivity contribution in [2.45, 2.75) is 0 Å². The molecule has 0 spiro atoms. The molecule has 0 aliphatic carbocycles. The van der Waals surface area contributed by atoms with Crippen LogP contribution in [0.1, 0.15) is 5.48 Å². The molecule has 9 rings (SSSR count). The predicted octanol–water partition coefficient (Wildman–Crippen LogP) is 12.6. The molecular formula is C44H28O. The second kappa shape index (κ2) is 10.4. The predicted molar refractivity (Wildman–Crippen MR) is 190 cm³/mol. The third-order valence-corrected chi connectivity index (χ3v) is 8.80. The van der Waals surface area contributed by atoms with Crippen LogP contribution in [0, 0.1) is 0 Å². The standard InChI is InChI=1S/C44H28O/c1-3-13-29(14-4-1)31-23-25-34-40-27-32(24-26-41(40)45-42(34)28-31)43-36-19-9-11-21-38(36)44(39-22-12-10-20-37(39)43)35-18-8-7-17-33(35)30-15-5-2-6-16-30/h1-28H/i7D,8D,17D,18D. The zero-order valence-electron chi connectivity index (χ0n) is 28.3. The SMILES string of the molecule is [2H]c1c([2H])c([2H])c(-c2c3ccccc3c(-c3ccc4oc5cc(-c6ccccc6)ccc5c4c3)c3ccccc23)c(-c2ccccc2)c1[2H]. The minimum absolute atomic E-state index is 0.0489.